The summed E-state index contributed by atoms with van der Waals surface area (Å²) in [5.41, 5.74) is 2.25. The molecule has 0 radical (unpaired) electrons. The number of anilines is 1. The Morgan fingerprint density at radius 2 is 2.19 bits per heavy atom. The van der Waals surface area contributed by atoms with Crippen molar-refractivity contribution in [2.24, 2.45) is 5.41 Å². The van der Waals surface area contributed by atoms with E-state index >= 15 is 0 Å². The number of nitrogens with one attached hydrogen (secondary N) is 1. The van der Waals surface area contributed by atoms with Crippen molar-refractivity contribution in [3.63, 3.8) is 0 Å². The molecule has 0 heterocycles. The molecule has 1 aliphatic carbocycles. The molecule has 1 N–H and O–H groups in total. The van der Waals surface area contributed by atoms with Crippen molar-refractivity contribution in [1.29, 1.82) is 5.26 Å². The van der Waals surface area contributed by atoms with Gasteiger partial charge in [-0.2, -0.15) is 5.26 Å². The summed E-state index contributed by atoms with van der Waals surface area (Å²) in [7, 11) is 0. The summed E-state index contributed by atoms with van der Waals surface area (Å²) in [6, 6.07) is 7.92. The molecule has 0 aromatic heterocycles. The van der Waals surface area contributed by atoms with Gasteiger partial charge < -0.3 is 5.32 Å². The molecule has 0 unspecified atom stereocenters. The molecule has 0 aliphatic heterocycles. The van der Waals surface area contributed by atoms with E-state index < -0.39 is 0 Å². The molecule has 1 aromatic carbocycles. The molecule has 0 atom stereocenters. The van der Waals surface area contributed by atoms with Crippen molar-refractivity contribution >= 4 is 21.6 Å². The van der Waals surface area contributed by atoms with Gasteiger partial charge in [-0.05, 0) is 42.9 Å². The van der Waals surface area contributed by atoms with Crippen LogP contribution in [0.25, 0.3) is 0 Å². The minimum atomic E-state index is 0.523. The summed E-state index contributed by atoms with van der Waals surface area (Å²) in [4.78, 5) is 0. The molecular formula is C13H15BrN2. The summed E-state index contributed by atoms with van der Waals surface area (Å²) >= 11 is 3.42. The second kappa shape index (κ2) is 4.47. The topological polar surface area (TPSA) is 35.8 Å². The first-order chi connectivity index (χ1) is 7.67. The highest BCUT2D eigenvalue weighted by Crippen LogP contribution is 2.48. The van der Waals surface area contributed by atoms with Crippen LogP contribution >= 0.6 is 15.9 Å². The highest BCUT2D eigenvalue weighted by molar-refractivity contribution is 9.10. The van der Waals surface area contributed by atoms with Gasteiger partial charge in [-0.15, -0.1) is 0 Å². The van der Waals surface area contributed by atoms with Crippen LogP contribution in [0, 0.1) is 16.7 Å². The second-order valence-corrected chi connectivity index (χ2v) is 5.46. The van der Waals surface area contributed by atoms with Crippen molar-refractivity contribution in [3.8, 4) is 6.07 Å². The Hall–Kier alpha value is -1.01. The Morgan fingerprint density at radius 1 is 1.44 bits per heavy atom. The molecule has 0 saturated heterocycles. The number of nitrogens with zero attached hydrogens (tertiary/aromatic N) is 1. The molecule has 0 amide bonds. The maximum absolute atomic E-state index is 8.87. The number of nitriles is 1. The predicted molar refractivity (Wildman–Crippen MR) is 69.3 cm³/mol. The number of hydrogen-bond donors (Lipinski definition) is 1. The van der Waals surface area contributed by atoms with E-state index in [9.17, 15) is 0 Å². The average Bonchev–Trinajstić information content (AvgIpc) is 3.06. The Balaban J connectivity index is 2.04. The molecule has 2 rings (SSSR count). The maximum atomic E-state index is 8.87. The van der Waals surface area contributed by atoms with Gasteiger partial charge in [0.15, 0.2) is 0 Å². The molecule has 1 aliphatic rings. The minimum Gasteiger partial charge on any atom is -0.384 e. The van der Waals surface area contributed by atoms with Crippen LogP contribution in [-0.2, 0) is 0 Å². The zero-order valence-electron chi connectivity index (χ0n) is 9.39. The Labute approximate surface area is 105 Å². The fourth-order valence-electron chi connectivity index (χ4n) is 1.88. The minimum absolute atomic E-state index is 0.523. The third-order valence-corrected chi connectivity index (χ3v) is 3.86. The lowest BCUT2D eigenvalue weighted by molar-refractivity contribution is 0.521. The molecule has 1 aromatic rings. The lowest BCUT2D eigenvalue weighted by Crippen LogP contribution is -2.14. The SMILES string of the molecule is CCC1(CNc2cc(Br)cc(C#N)c2)CC1. The van der Waals surface area contributed by atoms with E-state index in [-0.39, 0.29) is 0 Å². The van der Waals surface area contributed by atoms with Crippen LogP contribution in [0.1, 0.15) is 31.7 Å². The summed E-state index contributed by atoms with van der Waals surface area (Å²) in [5.74, 6) is 0. The molecular weight excluding hydrogens is 264 g/mol. The first-order valence-electron chi connectivity index (χ1n) is 5.62. The van der Waals surface area contributed by atoms with Gasteiger partial charge >= 0.3 is 0 Å². The standard InChI is InChI=1S/C13H15BrN2/c1-2-13(3-4-13)9-16-12-6-10(8-15)5-11(14)7-12/h5-7,16H,2-4,9H2,1H3. The molecule has 1 fully saturated rings. The van der Waals surface area contributed by atoms with E-state index in [1.54, 1.807) is 0 Å². The van der Waals surface area contributed by atoms with Gasteiger partial charge in [-0.3, -0.25) is 0 Å². The summed E-state index contributed by atoms with van der Waals surface area (Å²) in [6.45, 7) is 3.26. The van der Waals surface area contributed by atoms with Crippen molar-refractivity contribution in [3.05, 3.63) is 28.2 Å². The predicted octanol–water partition coefficient (Wildman–Crippen LogP) is 3.92. The maximum Gasteiger partial charge on any atom is 0.0992 e. The second-order valence-electron chi connectivity index (χ2n) is 4.55. The van der Waals surface area contributed by atoms with Crippen molar-refractivity contribution in [1.82, 2.24) is 0 Å². The first-order valence-corrected chi connectivity index (χ1v) is 6.41. The average molecular weight is 279 g/mol. The fourth-order valence-corrected chi connectivity index (χ4v) is 2.37. The molecule has 84 valence electrons. The van der Waals surface area contributed by atoms with Gasteiger partial charge in [0.05, 0.1) is 11.6 Å². The lowest BCUT2D eigenvalue weighted by atomic mass is 10.0. The van der Waals surface area contributed by atoms with E-state index in [2.05, 4.69) is 34.2 Å². The van der Waals surface area contributed by atoms with E-state index in [4.69, 9.17) is 5.26 Å². The van der Waals surface area contributed by atoms with E-state index in [0.717, 1.165) is 16.7 Å². The number of halogens is 1. The summed E-state index contributed by atoms with van der Waals surface area (Å²) in [5, 5.41) is 12.3. The van der Waals surface area contributed by atoms with Crippen LogP contribution in [0.4, 0.5) is 5.69 Å². The van der Waals surface area contributed by atoms with Gasteiger partial charge in [-0.25, -0.2) is 0 Å². The van der Waals surface area contributed by atoms with Gasteiger partial charge in [0.1, 0.15) is 0 Å². The van der Waals surface area contributed by atoms with E-state index in [0.29, 0.717) is 11.0 Å². The Bertz CT molecular complexity index is 430. The Morgan fingerprint density at radius 3 is 2.75 bits per heavy atom. The van der Waals surface area contributed by atoms with Gasteiger partial charge in [0.2, 0.25) is 0 Å². The number of hydrogen-bond acceptors (Lipinski definition) is 2. The number of rotatable bonds is 4. The molecule has 3 heteroatoms. The molecule has 0 spiro atoms. The molecule has 2 nitrogen and oxygen atoms in total. The normalized spacial score (nSPS) is 16.6. The van der Waals surface area contributed by atoms with E-state index in [1.807, 2.05) is 18.2 Å². The number of benzene rings is 1. The van der Waals surface area contributed by atoms with Gasteiger partial charge in [0.25, 0.3) is 0 Å². The quantitative estimate of drug-likeness (QED) is 0.906. The highest BCUT2D eigenvalue weighted by atomic mass is 79.9. The van der Waals surface area contributed by atoms with Crippen molar-refractivity contribution < 1.29 is 0 Å². The van der Waals surface area contributed by atoms with Crippen LogP contribution in [0.5, 0.6) is 0 Å². The van der Waals surface area contributed by atoms with E-state index in [1.165, 1.54) is 19.3 Å². The van der Waals surface area contributed by atoms with Crippen molar-refractivity contribution in [2.75, 3.05) is 11.9 Å². The zero-order chi connectivity index (χ0) is 11.6. The Kier molecular flexibility index (Phi) is 3.20. The largest absolute Gasteiger partial charge is 0.384 e. The van der Waals surface area contributed by atoms with Crippen LogP contribution in [0.3, 0.4) is 0 Å². The molecule has 0 bridgehead atoms. The third-order valence-electron chi connectivity index (χ3n) is 3.40. The zero-order valence-corrected chi connectivity index (χ0v) is 11.0. The third kappa shape index (κ3) is 2.56. The molecule has 1 saturated carbocycles. The fraction of sp³-hybridized carbons (Fsp3) is 0.462. The van der Waals surface area contributed by atoms with Crippen LogP contribution in [-0.4, -0.2) is 6.54 Å². The lowest BCUT2D eigenvalue weighted by Gasteiger charge is -2.14. The van der Waals surface area contributed by atoms with Crippen molar-refractivity contribution in [2.45, 2.75) is 26.2 Å². The summed E-state index contributed by atoms with van der Waals surface area (Å²) < 4.78 is 0.954. The van der Waals surface area contributed by atoms with Crippen LogP contribution < -0.4 is 5.32 Å². The summed E-state index contributed by atoms with van der Waals surface area (Å²) in [6.07, 6.45) is 3.89. The van der Waals surface area contributed by atoms with Gasteiger partial charge in [0, 0.05) is 16.7 Å². The first kappa shape index (κ1) is 11.5. The highest BCUT2D eigenvalue weighted by Gasteiger charge is 2.40. The van der Waals surface area contributed by atoms with Crippen LogP contribution in [0.15, 0.2) is 22.7 Å². The van der Waals surface area contributed by atoms with Gasteiger partial charge in [-0.1, -0.05) is 22.9 Å². The molecule has 16 heavy (non-hydrogen) atoms. The monoisotopic (exact) mass is 278 g/mol. The van der Waals surface area contributed by atoms with Crippen LogP contribution in [0.2, 0.25) is 0 Å². The smallest absolute Gasteiger partial charge is 0.0992 e.